The molecule has 3 atom stereocenters. The summed E-state index contributed by atoms with van der Waals surface area (Å²) in [6, 6.07) is -1.37. The molecule has 16 heavy (non-hydrogen) atoms. The third-order valence-corrected chi connectivity index (χ3v) is 3.23. The largest absolute Gasteiger partial charge is 0.481 e. The van der Waals surface area contributed by atoms with Gasteiger partial charge in [-0.15, -0.1) is 0 Å². The number of piperidine rings is 1. The van der Waals surface area contributed by atoms with Crippen LogP contribution in [0.5, 0.6) is 0 Å². The van der Waals surface area contributed by atoms with Crippen molar-refractivity contribution >= 4 is 17.8 Å². The van der Waals surface area contributed by atoms with Gasteiger partial charge in [0.05, 0.1) is 5.92 Å². The topological polar surface area (TPSA) is 86.7 Å². The Hall–Kier alpha value is -1.59. The number of carboxylic acid groups (broad SMARTS) is 1. The predicted octanol–water partition coefficient (Wildman–Crippen LogP) is -0.803. The van der Waals surface area contributed by atoms with Gasteiger partial charge in [0.25, 0.3) is 0 Å². The fourth-order valence-electron chi connectivity index (χ4n) is 2.44. The highest BCUT2D eigenvalue weighted by molar-refractivity contribution is 5.99. The predicted molar refractivity (Wildman–Crippen MR) is 53.5 cm³/mol. The van der Waals surface area contributed by atoms with Gasteiger partial charge in [0.1, 0.15) is 12.1 Å². The summed E-state index contributed by atoms with van der Waals surface area (Å²) in [7, 11) is 0. The summed E-state index contributed by atoms with van der Waals surface area (Å²) in [6.45, 7) is 2.09. The molecule has 0 aromatic rings. The lowest BCUT2D eigenvalue weighted by Gasteiger charge is -2.43. The van der Waals surface area contributed by atoms with E-state index in [1.807, 2.05) is 0 Å². The Bertz CT molecular complexity index is 355. The molecule has 2 saturated heterocycles. The van der Waals surface area contributed by atoms with E-state index in [0.29, 0.717) is 19.4 Å². The molecule has 0 aromatic heterocycles. The van der Waals surface area contributed by atoms with Crippen molar-refractivity contribution in [2.45, 2.75) is 31.8 Å². The fraction of sp³-hybridized carbons (Fsp3) is 0.700. The first kappa shape index (κ1) is 10.9. The van der Waals surface area contributed by atoms with E-state index in [0.717, 1.165) is 0 Å². The highest BCUT2D eigenvalue weighted by Crippen LogP contribution is 2.27. The Morgan fingerprint density at radius 1 is 1.50 bits per heavy atom. The molecule has 2 aliphatic heterocycles. The number of piperazine rings is 1. The normalized spacial score (nSPS) is 34.3. The Balaban J connectivity index is 2.29. The zero-order valence-electron chi connectivity index (χ0n) is 8.97. The van der Waals surface area contributed by atoms with E-state index in [1.54, 1.807) is 6.92 Å². The van der Waals surface area contributed by atoms with Crippen molar-refractivity contribution in [1.29, 1.82) is 0 Å². The number of hydrogen-bond acceptors (Lipinski definition) is 3. The molecule has 2 rings (SSSR count). The second-order valence-electron chi connectivity index (χ2n) is 4.29. The molecule has 6 heteroatoms. The molecule has 0 aliphatic carbocycles. The van der Waals surface area contributed by atoms with Gasteiger partial charge >= 0.3 is 5.97 Å². The summed E-state index contributed by atoms with van der Waals surface area (Å²) in [5.41, 5.74) is 0. The number of carbonyl (C=O) groups is 3. The molecule has 2 aliphatic rings. The van der Waals surface area contributed by atoms with Crippen LogP contribution in [-0.4, -0.2) is 46.4 Å². The summed E-state index contributed by atoms with van der Waals surface area (Å²) >= 11 is 0. The second kappa shape index (κ2) is 3.77. The third-order valence-electron chi connectivity index (χ3n) is 3.23. The van der Waals surface area contributed by atoms with Gasteiger partial charge in [0.2, 0.25) is 11.8 Å². The quantitative estimate of drug-likeness (QED) is 0.612. The highest BCUT2D eigenvalue weighted by atomic mass is 16.4. The molecule has 2 fully saturated rings. The van der Waals surface area contributed by atoms with Gasteiger partial charge in [-0.2, -0.15) is 0 Å². The molecule has 2 unspecified atom stereocenters. The van der Waals surface area contributed by atoms with Gasteiger partial charge in [-0.25, -0.2) is 0 Å². The van der Waals surface area contributed by atoms with Gasteiger partial charge < -0.3 is 15.3 Å². The molecular weight excluding hydrogens is 212 g/mol. The van der Waals surface area contributed by atoms with Gasteiger partial charge in [0.15, 0.2) is 0 Å². The van der Waals surface area contributed by atoms with Crippen LogP contribution in [0.3, 0.4) is 0 Å². The summed E-state index contributed by atoms with van der Waals surface area (Å²) in [6.07, 6.45) is 1.09. The fourth-order valence-corrected chi connectivity index (χ4v) is 2.44. The molecule has 88 valence electrons. The van der Waals surface area contributed by atoms with Crippen molar-refractivity contribution in [3.8, 4) is 0 Å². The standard InChI is InChI=1S/C10H14N2O4/c1-5-9(14)12-4-2-3-6(10(15)16)7(12)8(13)11-5/h5-7H,2-4H2,1H3,(H,11,13)(H,15,16)/t5-,6?,7?/m0/s1. The minimum Gasteiger partial charge on any atom is -0.481 e. The maximum absolute atomic E-state index is 11.8. The lowest BCUT2D eigenvalue weighted by atomic mass is 9.86. The van der Waals surface area contributed by atoms with Crippen LogP contribution in [0.2, 0.25) is 0 Å². The number of nitrogens with zero attached hydrogens (tertiary/aromatic N) is 1. The summed E-state index contributed by atoms with van der Waals surface area (Å²) in [5.74, 6) is -2.31. The van der Waals surface area contributed by atoms with E-state index >= 15 is 0 Å². The number of nitrogens with one attached hydrogen (secondary N) is 1. The maximum atomic E-state index is 11.8. The summed E-state index contributed by atoms with van der Waals surface area (Å²) in [4.78, 5) is 36.0. The van der Waals surface area contributed by atoms with E-state index in [4.69, 9.17) is 5.11 Å². The molecule has 6 nitrogen and oxygen atoms in total. The Kier molecular flexibility index (Phi) is 2.57. The van der Waals surface area contributed by atoms with Crippen LogP contribution >= 0.6 is 0 Å². The van der Waals surface area contributed by atoms with Gasteiger partial charge in [-0.1, -0.05) is 0 Å². The van der Waals surface area contributed by atoms with E-state index in [9.17, 15) is 14.4 Å². The first-order valence-corrected chi connectivity index (χ1v) is 5.36. The molecule has 0 saturated carbocycles. The molecule has 0 spiro atoms. The SMILES string of the molecule is C[C@@H]1NC(=O)C2C(C(=O)O)CCCN2C1=O. The lowest BCUT2D eigenvalue weighted by Crippen LogP contribution is -2.67. The summed E-state index contributed by atoms with van der Waals surface area (Å²) < 4.78 is 0. The van der Waals surface area contributed by atoms with Gasteiger partial charge in [-0.05, 0) is 19.8 Å². The second-order valence-corrected chi connectivity index (χ2v) is 4.29. The van der Waals surface area contributed by atoms with Gasteiger partial charge in [0, 0.05) is 6.54 Å². The van der Waals surface area contributed by atoms with Crippen molar-refractivity contribution in [1.82, 2.24) is 10.2 Å². The van der Waals surface area contributed by atoms with Crippen LogP contribution in [-0.2, 0) is 14.4 Å². The number of fused-ring (bicyclic) bond motifs is 1. The maximum Gasteiger partial charge on any atom is 0.309 e. The number of aliphatic carboxylic acids is 1. The molecule has 0 radical (unpaired) electrons. The van der Waals surface area contributed by atoms with E-state index in [1.165, 1.54) is 4.90 Å². The molecule has 2 amide bonds. The van der Waals surface area contributed by atoms with Crippen LogP contribution in [0.15, 0.2) is 0 Å². The van der Waals surface area contributed by atoms with Crippen LogP contribution in [0.1, 0.15) is 19.8 Å². The Morgan fingerprint density at radius 3 is 2.81 bits per heavy atom. The minimum atomic E-state index is -1.01. The van der Waals surface area contributed by atoms with Crippen molar-refractivity contribution in [3.05, 3.63) is 0 Å². The summed E-state index contributed by atoms with van der Waals surface area (Å²) in [5, 5.41) is 11.5. The third kappa shape index (κ3) is 1.54. The average molecular weight is 226 g/mol. The highest BCUT2D eigenvalue weighted by Gasteiger charge is 2.47. The van der Waals surface area contributed by atoms with Crippen LogP contribution < -0.4 is 5.32 Å². The Labute approximate surface area is 92.6 Å². The lowest BCUT2D eigenvalue weighted by molar-refractivity contribution is -0.160. The molecule has 0 bridgehead atoms. The van der Waals surface area contributed by atoms with Crippen LogP contribution in [0.25, 0.3) is 0 Å². The number of hydrogen-bond donors (Lipinski definition) is 2. The number of rotatable bonds is 1. The molecule has 2 N–H and O–H groups in total. The first-order chi connectivity index (χ1) is 7.52. The number of amides is 2. The van der Waals surface area contributed by atoms with Crippen molar-refractivity contribution in [2.24, 2.45) is 5.92 Å². The Morgan fingerprint density at radius 2 is 2.19 bits per heavy atom. The van der Waals surface area contributed by atoms with E-state index in [2.05, 4.69) is 5.32 Å². The zero-order chi connectivity index (χ0) is 11.9. The monoisotopic (exact) mass is 226 g/mol. The smallest absolute Gasteiger partial charge is 0.309 e. The van der Waals surface area contributed by atoms with Crippen LogP contribution in [0, 0.1) is 5.92 Å². The number of carboxylic acids is 1. The van der Waals surface area contributed by atoms with E-state index < -0.39 is 24.0 Å². The minimum absolute atomic E-state index is 0.185. The zero-order valence-corrected chi connectivity index (χ0v) is 8.97. The molecule has 2 heterocycles. The molecular formula is C10H14N2O4. The molecule has 0 aromatic carbocycles. The average Bonchev–Trinajstić information content (AvgIpc) is 2.25. The van der Waals surface area contributed by atoms with E-state index in [-0.39, 0.29) is 11.8 Å². The first-order valence-electron chi connectivity index (χ1n) is 5.36. The van der Waals surface area contributed by atoms with Crippen molar-refractivity contribution < 1.29 is 19.5 Å². The van der Waals surface area contributed by atoms with Crippen molar-refractivity contribution in [2.75, 3.05) is 6.54 Å². The van der Waals surface area contributed by atoms with Crippen molar-refractivity contribution in [3.63, 3.8) is 0 Å². The van der Waals surface area contributed by atoms with Crippen LogP contribution in [0.4, 0.5) is 0 Å². The van der Waals surface area contributed by atoms with Gasteiger partial charge in [-0.3, -0.25) is 14.4 Å². The number of carbonyl (C=O) groups excluding carboxylic acids is 2.